The monoisotopic (exact) mass is 1150 g/mol. The molecule has 23 heteroatoms. The van der Waals surface area contributed by atoms with Crippen LogP contribution in [-0.4, -0.2) is 153 Å². The fourth-order valence-electron chi connectivity index (χ4n) is 10.6. The minimum atomic E-state index is -1.28. The van der Waals surface area contributed by atoms with Gasteiger partial charge < -0.3 is 57.1 Å². The number of aliphatic carboxylic acids is 1. The highest BCUT2D eigenvalue weighted by Crippen LogP contribution is 2.40. The molecule has 2 heterocycles. The van der Waals surface area contributed by atoms with Gasteiger partial charge in [-0.05, 0) is 101 Å². The number of benzene rings is 2. The molecule has 2 aliphatic rings. The van der Waals surface area contributed by atoms with E-state index in [1.165, 1.54) is 16.5 Å². The molecule has 9 N–H and O–H groups in total. The van der Waals surface area contributed by atoms with E-state index in [-0.39, 0.29) is 67.7 Å². The summed E-state index contributed by atoms with van der Waals surface area (Å²) in [7, 11) is 1.59. The number of methoxy groups -OCH3 is 1. The van der Waals surface area contributed by atoms with Crippen molar-refractivity contribution in [3.63, 3.8) is 0 Å². The van der Waals surface area contributed by atoms with Crippen LogP contribution in [0.3, 0.4) is 0 Å². The van der Waals surface area contributed by atoms with Gasteiger partial charge in [0.2, 0.25) is 41.4 Å². The van der Waals surface area contributed by atoms with Crippen LogP contribution in [0.25, 0.3) is 5.69 Å². The summed E-state index contributed by atoms with van der Waals surface area (Å²) in [6.07, 6.45) is 6.49. The second-order valence-corrected chi connectivity index (χ2v) is 23.5. The number of carboxylic acid groups (broad SMARTS) is 1. The smallest absolute Gasteiger partial charge is 0.326 e. The van der Waals surface area contributed by atoms with Gasteiger partial charge in [-0.3, -0.25) is 33.6 Å². The van der Waals surface area contributed by atoms with E-state index in [1.54, 1.807) is 32.1 Å². The zero-order valence-electron chi connectivity index (χ0n) is 48.7. The van der Waals surface area contributed by atoms with Crippen molar-refractivity contribution < 1.29 is 62.1 Å². The number of nitrogens with two attached hydrogens (primary N) is 1. The number of aliphatic hydroxyl groups is 1. The van der Waals surface area contributed by atoms with Gasteiger partial charge in [0.25, 0.3) is 0 Å². The molecule has 21 nitrogen and oxygen atoms in total. The number of likely N-dealkylation sites (tertiary alicyclic amines) is 1. The van der Waals surface area contributed by atoms with Crippen molar-refractivity contribution in [2.75, 3.05) is 39.9 Å². The van der Waals surface area contributed by atoms with Crippen LogP contribution >= 0.6 is 0 Å². The van der Waals surface area contributed by atoms with Gasteiger partial charge in [-0.25, -0.2) is 18.3 Å². The van der Waals surface area contributed by atoms with Crippen LogP contribution in [0.5, 0.6) is 0 Å². The molecule has 1 saturated carbocycles. The van der Waals surface area contributed by atoms with Gasteiger partial charge in [-0.2, -0.15) is 5.10 Å². The van der Waals surface area contributed by atoms with Crippen molar-refractivity contribution in [3.8, 4) is 5.69 Å². The van der Waals surface area contributed by atoms with E-state index >= 15 is 4.39 Å². The normalized spacial score (nSPS) is 19.0. The molecule has 2 fully saturated rings. The Morgan fingerprint density at radius 3 is 2.28 bits per heavy atom. The molecule has 1 aliphatic carbocycles. The number of halogens is 2. The average molecular weight is 1150 g/mol. The van der Waals surface area contributed by atoms with Gasteiger partial charge in [0.05, 0.1) is 29.8 Å². The number of aliphatic hydroxyl groups excluding tert-OH is 1. The fraction of sp³-hybridized carbons (Fsp3) is 0.610. The third-order valence-corrected chi connectivity index (χ3v) is 15.3. The second-order valence-electron chi connectivity index (χ2n) is 23.5. The Kier molecular flexibility index (Phi) is 24.5. The van der Waals surface area contributed by atoms with Crippen LogP contribution in [0, 0.1) is 28.9 Å². The van der Waals surface area contributed by atoms with E-state index in [4.69, 9.17) is 15.6 Å². The van der Waals surface area contributed by atoms with E-state index in [1.807, 2.05) is 58.0 Å². The number of carbonyl (C=O) groups excluding carboxylic acids is 7. The number of amides is 7. The Bertz CT molecular complexity index is 2690. The van der Waals surface area contributed by atoms with Crippen LogP contribution in [0.4, 0.5) is 8.78 Å². The molecule has 3 aromatic rings. The van der Waals surface area contributed by atoms with Crippen LogP contribution in [-0.2, 0) is 49.5 Å². The first-order valence-electron chi connectivity index (χ1n) is 28.5. The molecule has 82 heavy (non-hydrogen) atoms. The Hall–Kier alpha value is -6.85. The Morgan fingerprint density at radius 2 is 1.63 bits per heavy atom. The van der Waals surface area contributed by atoms with Gasteiger partial charge in [0.1, 0.15) is 42.1 Å². The molecule has 0 spiro atoms. The lowest BCUT2D eigenvalue weighted by Crippen LogP contribution is -2.56. The average Bonchev–Trinajstić information content (AvgIpc) is 4.20. The largest absolute Gasteiger partial charge is 0.480 e. The topological polar surface area (TPSA) is 297 Å². The molecule has 452 valence electrons. The zero-order chi connectivity index (χ0) is 60.5. The molecule has 0 radical (unpaired) electrons. The highest BCUT2D eigenvalue weighted by Gasteiger charge is 2.41. The number of carboxylic acids is 1. The third-order valence-electron chi connectivity index (χ3n) is 15.3. The molecule has 1 aromatic heterocycles. The van der Waals surface area contributed by atoms with Crippen molar-refractivity contribution in [3.05, 3.63) is 83.2 Å². The lowest BCUT2D eigenvalue weighted by Gasteiger charge is -2.40. The summed E-state index contributed by atoms with van der Waals surface area (Å²) in [5, 5.41) is 38.5. The number of rotatable bonds is 31. The SMILES string of the molecule is COC1(C)CC(=O)N(CCCCCC(=O)NC(C(=O)N[C@@H](C)C(=O)N[C@@H](CCCCNC(=O)[C@@H]2CC[C@H](NC(=O)[C@@H](N)CCN(C(=O)CO)[C@@H](c3nn(-c4cc(F)ccc4F)cc3Cc3ccccc3)C(C)(C)C)C2)C(=O)O)C(C)C)C1. The number of carbonyl (C=O) groups is 8. The maximum Gasteiger partial charge on any atom is 0.326 e. The van der Waals surface area contributed by atoms with Crippen molar-refractivity contribution >= 4 is 47.3 Å². The van der Waals surface area contributed by atoms with Gasteiger partial charge in [-0.15, -0.1) is 0 Å². The molecule has 0 bridgehead atoms. The number of ether oxygens (including phenoxy) is 1. The summed E-state index contributed by atoms with van der Waals surface area (Å²) in [5.74, 6) is -6.37. The van der Waals surface area contributed by atoms with Gasteiger partial charge in [0.15, 0.2) is 0 Å². The predicted octanol–water partition coefficient (Wildman–Crippen LogP) is 4.35. The van der Waals surface area contributed by atoms with Crippen LogP contribution in [0.15, 0.2) is 54.7 Å². The predicted molar refractivity (Wildman–Crippen MR) is 301 cm³/mol. The summed E-state index contributed by atoms with van der Waals surface area (Å²) in [4.78, 5) is 107. The molecular weight excluding hydrogens is 1060 g/mol. The standard InChI is InChI=1S/C59H86F2N10O11/c1-36(2)50(67-47(73)20-13-10-16-27-69-35-59(7,82-8)32-48(69)74)56(79)64-37(3)53(76)66-45(57(80)81)19-14-15-26-63-54(77)39-21-23-42(30-39)65-55(78)44(62)25-28-70(49(75)34-72)52(58(4,5)6)51-40(29-38-17-11-9-12-18-38)33-71(68-51)46-31-41(60)22-24-43(46)61/h9,11-12,17-18,22,24,31,33,36-37,39,42,44-45,50,52,72H,10,13-16,19-21,23,25-30,32,34-35,62H2,1-8H3,(H,63,77)(H,64,79)(H,65,78)(H,66,76)(H,67,73)(H,80,81)/t37-,39+,42-,44-,45-,50?,52-,59?/m0/s1. The third kappa shape index (κ3) is 19.1. The molecule has 1 saturated heterocycles. The van der Waals surface area contributed by atoms with Gasteiger partial charge in [-0.1, -0.05) is 71.4 Å². The lowest BCUT2D eigenvalue weighted by molar-refractivity contribution is -0.142. The first-order valence-corrected chi connectivity index (χ1v) is 28.5. The zero-order valence-corrected chi connectivity index (χ0v) is 48.7. The summed E-state index contributed by atoms with van der Waals surface area (Å²) >= 11 is 0. The Labute approximate surface area is 479 Å². The maximum absolute atomic E-state index is 15.1. The molecule has 1 aliphatic heterocycles. The Morgan fingerprint density at radius 1 is 0.915 bits per heavy atom. The minimum absolute atomic E-state index is 0.0141. The van der Waals surface area contributed by atoms with Crippen LogP contribution in [0.1, 0.15) is 148 Å². The number of nitrogens with zero attached hydrogens (tertiary/aromatic N) is 4. The van der Waals surface area contributed by atoms with Crippen molar-refractivity contribution in [2.45, 2.75) is 174 Å². The number of aromatic nitrogens is 2. The molecule has 5 rings (SSSR count). The fourth-order valence-corrected chi connectivity index (χ4v) is 10.6. The highest BCUT2D eigenvalue weighted by atomic mass is 19.1. The molecule has 8 atom stereocenters. The number of hydrogen-bond donors (Lipinski definition) is 8. The van der Waals surface area contributed by atoms with E-state index in [9.17, 15) is 53.0 Å². The quantitative estimate of drug-likeness (QED) is 0.0417. The van der Waals surface area contributed by atoms with Gasteiger partial charge in [0, 0.05) is 75.9 Å². The number of nitrogens with one attached hydrogen (secondary N) is 5. The minimum Gasteiger partial charge on any atom is -0.480 e. The maximum atomic E-state index is 15.1. The van der Waals surface area contributed by atoms with Gasteiger partial charge >= 0.3 is 5.97 Å². The van der Waals surface area contributed by atoms with Crippen molar-refractivity contribution in [1.29, 1.82) is 0 Å². The Balaban J connectivity index is 1.04. The van der Waals surface area contributed by atoms with E-state index < -0.39 is 95.0 Å². The molecule has 7 amide bonds. The summed E-state index contributed by atoms with van der Waals surface area (Å²) in [6.45, 7) is 12.9. The van der Waals surface area contributed by atoms with Crippen LogP contribution in [0.2, 0.25) is 0 Å². The van der Waals surface area contributed by atoms with Crippen molar-refractivity contribution in [1.82, 2.24) is 46.2 Å². The first-order chi connectivity index (χ1) is 38.7. The molecular formula is C59H86F2N10O11. The molecule has 2 unspecified atom stereocenters. The number of unbranched alkanes of at least 4 members (excludes halogenated alkanes) is 3. The first kappa shape index (κ1) is 66.0. The van der Waals surface area contributed by atoms with E-state index in [0.717, 1.165) is 23.8 Å². The van der Waals surface area contributed by atoms with Crippen LogP contribution < -0.4 is 32.3 Å². The van der Waals surface area contributed by atoms with E-state index in [0.29, 0.717) is 88.6 Å². The lowest BCUT2D eigenvalue weighted by atomic mass is 9.81. The highest BCUT2D eigenvalue weighted by molar-refractivity contribution is 5.93. The second kappa shape index (κ2) is 30.5. The summed E-state index contributed by atoms with van der Waals surface area (Å²) < 4.78 is 36.3. The summed E-state index contributed by atoms with van der Waals surface area (Å²) in [6, 6.07) is 6.84. The molecule has 2 aromatic carbocycles. The van der Waals surface area contributed by atoms with Crippen molar-refractivity contribution in [2.24, 2.45) is 23.0 Å². The number of hydrogen-bond acceptors (Lipinski definition) is 12. The summed E-state index contributed by atoms with van der Waals surface area (Å²) in [5.41, 5.74) is 7.01. The van der Waals surface area contributed by atoms with E-state index in [2.05, 4.69) is 26.6 Å².